The molecule has 0 rings (SSSR count). The van der Waals surface area contributed by atoms with Crippen molar-refractivity contribution in [2.45, 2.75) is 66.9 Å². The lowest BCUT2D eigenvalue weighted by Crippen LogP contribution is -2.77. The number of carbonyl (C=O) groups is 1. The molecule has 1 nitrogen and oxygen atoms in total. The van der Waals surface area contributed by atoms with Crippen LogP contribution in [0.3, 0.4) is 0 Å². The molecule has 0 aliphatic heterocycles. The minimum Gasteiger partial charge on any atom is -0.282 e. The van der Waals surface area contributed by atoms with Crippen molar-refractivity contribution in [3.63, 3.8) is 0 Å². The first-order valence-electron chi connectivity index (χ1n) is 8.24. The second-order valence-electron chi connectivity index (χ2n) is 6.90. The quantitative estimate of drug-likeness (QED) is 0.188. The van der Waals surface area contributed by atoms with Gasteiger partial charge in [0.1, 0.15) is 0 Å². The minimum atomic E-state index is -9.03. The maximum absolute atomic E-state index is 13.6. The van der Waals surface area contributed by atoms with Gasteiger partial charge >= 0.3 is 53.6 Å². The van der Waals surface area contributed by atoms with Crippen molar-refractivity contribution in [3.8, 4) is 0 Å². The van der Waals surface area contributed by atoms with Crippen LogP contribution in [0.1, 0.15) is 13.3 Å². The summed E-state index contributed by atoms with van der Waals surface area (Å²) >= 11 is -0.388. The lowest BCUT2D eigenvalue weighted by atomic mass is 9.83. The molecular weight excluding hydrogens is 589 g/mol. The van der Waals surface area contributed by atoms with Gasteiger partial charge in [-0.05, 0) is 12.5 Å². The zero-order chi connectivity index (χ0) is 29.8. The fourth-order valence-electron chi connectivity index (χ4n) is 2.11. The SMILES string of the molecule is C=C(C)C(=O)SCCC(F)(F)C(F)(F)C(F)(F)C(F)(F)C(F)(F)C(F)(F)C(F)(C(F)(F)F)C(F)(F)F. The lowest BCUT2D eigenvalue weighted by Gasteiger charge is -2.45. The Kier molecular flexibility index (Phi) is 8.91. The Morgan fingerprint density at radius 3 is 1.19 bits per heavy atom. The third-order valence-electron chi connectivity index (χ3n) is 4.25. The molecule has 0 amide bonds. The van der Waals surface area contributed by atoms with Crippen LogP contribution in [0.25, 0.3) is 0 Å². The average Bonchev–Trinajstić information content (AvgIpc) is 2.64. The van der Waals surface area contributed by atoms with E-state index in [2.05, 4.69) is 6.58 Å². The molecule has 0 aromatic rings. The van der Waals surface area contributed by atoms with Gasteiger partial charge in [0.2, 0.25) is 5.12 Å². The van der Waals surface area contributed by atoms with Crippen LogP contribution >= 0.6 is 11.8 Å². The third-order valence-corrected chi connectivity index (χ3v) is 5.27. The van der Waals surface area contributed by atoms with Crippen LogP contribution in [0.15, 0.2) is 12.2 Å². The summed E-state index contributed by atoms with van der Waals surface area (Å²) in [5, 5.41) is -1.27. The highest BCUT2D eigenvalue weighted by molar-refractivity contribution is 8.14. The van der Waals surface area contributed by atoms with E-state index in [9.17, 15) is 88.2 Å². The fraction of sp³-hybridized carbons (Fsp3) is 0.800. The summed E-state index contributed by atoms with van der Waals surface area (Å²) in [6.07, 6.45) is -19.4. The van der Waals surface area contributed by atoms with Crippen LogP contribution in [0.2, 0.25) is 0 Å². The van der Waals surface area contributed by atoms with Gasteiger partial charge in [-0.1, -0.05) is 18.3 Å². The largest absolute Gasteiger partial charge is 0.438 e. The highest BCUT2D eigenvalue weighted by Crippen LogP contribution is 2.66. The number of hydrogen-bond acceptors (Lipinski definition) is 2. The van der Waals surface area contributed by atoms with Crippen LogP contribution in [0, 0.1) is 0 Å². The van der Waals surface area contributed by atoms with Crippen LogP contribution in [0.5, 0.6) is 0 Å². The molecule has 0 saturated heterocycles. The number of alkyl halides is 19. The summed E-state index contributed by atoms with van der Waals surface area (Å²) in [6, 6.07) is 0. The van der Waals surface area contributed by atoms with Crippen molar-refractivity contribution >= 4 is 16.9 Å². The summed E-state index contributed by atoms with van der Waals surface area (Å²) in [6.45, 7) is 3.83. The lowest BCUT2D eigenvalue weighted by molar-refractivity contribution is -0.472. The van der Waals surface area contributed by atoms with Gasteiger partial charge in [-0.3, -0.25) is 4.79 Å². The molecule has 0 unspecified atom stereocenters. The van der Waals surface area contributed by atoms with Gasteiger partial charge < -0.3 is 0 Å². The number of hydrogen-bond donors (Lipinski definition) is 0. The van der Waals surface area contributed by atoms with Crippen molar-refractivity contribution in [2.24, 2.45) is 0 Å². The summed E-state index contributed by atoms with van der Waals surface area (Å²) in [5.74, 6) is -51.7. The first kappa shape index (κ1) is 34.4. The monoisotopic (exact) mass is 598 g/mol. The Balaban J connectivity index is 6.73. The highest BCUT2D eigenvalue weighted by Gasteiger charge is 2.98. The van der Waals surface area contributed by atoms with Crippen LogP contribution in [-0.4, -0.2) is 64.4 Å². The number of thioether (sulfide) groups is 1. The van der Waals surface area contributed by atoms with E-state index in [4.69, 9.17) is 0 Å². The second kappa shape index (κ2) is 9.32. The average molecular weight is 598 g/mol. The Morgan fingerprint density at radius 1 is 0.583 bits per heavy atom. The van der Waals surface area contributed by atoms with Gasteiger partial charge in [-0.2, -0.15) is 79.0 Å². The first-order chi connectivity index (χ1) is 15.3. The smallest absolute Gasteiger partial charge is 0.282 e. The molecule has 0 heterocycles. The molecule has 0 saturated carbocycles. The van der Waals surface area contributed by atoms with E-state index < -0.39 is 76.4 Å². The standard InChI is InChI=1S/C15H9F19OS/c1-5(2)6(35)36-4-3-7(16,17)9(19,20)11(23,24)13(27,28)12(25,26)10(21,22)8(18,14(29,30)31)15(32,33)34/h1,3-4H2,2H3. The highest BCUT2D eigenvalue weighted by atomic mass is 32.2. The summed E-state index contributed by atoms with van der Waals surface area (Å²) in [7, 11) is 0. The molecule has 214 valence electrons. The van der Waals surface area contributed by atoms with E-state index in [0.717, 1.165) is 6.92 Å². The molecule has 0 bridgehead atoms. The third kappa shape index (κ3) is 4.83. The molecule has 0 fully saturated rings. The molecule has 0 atom stereocenters. The van der Waals surface area contributed by atoms with Crippen molar-refractivity contribution in [1.29, 1.82) is 0 Å². The number of rotatable bonds is 10. The van der Waals surface area contributed by atoms with Crippen molar-refractivity contribution in [3.05, 3.63) is 12.2 Å². The van der Waals surface area contributed by atoms with Crippen LogP contribution in [-0.2, 0) is 4.79 Å². The first-order valence-corrected chi connectivity index (χ1v) is 9.23. The van der Waals surface area contributed by atoms with Crippen molar-refractivity contribution in [1.82, 2.24) is 0 Å². The molecule has 0 N–H and O–H groups in total. The van der Waals surface area contributed by atoms with E-state index in [-0.39, 0.29) is 11.8 Å². The van der Waals surface area contributed by atoms with Crippen LogP contribution in [0.4, 0.5) is 83.4 Å². The van der Waals surface area contributed by atoms with Crippen molar-refractivity contribution in [2.75, 3.05) is 5.75 Å². The van der Waals surface area contributed by atoms with E-state index >= 15 is 0 Å². The zero-order valence-corrected chi connectivity index (χ0v) is 17.4. The maximum atomic E-state index is 13.6. The molecule has 0 spiro atoms. The Bertz CT molecular complexity index is 823. The van der Waals surface area contributed by atoms with Gasteiger partial charge in [0.25, 0.3) is 0 Å². The molecule has 0 radical (unpaired) electrons. The number of halogens is 19. The van der Waals surface area contributed by atoms with Gasteiger partial charge in [0, 0.05) is 12.2 Å². The maximum Gasteiger partial charge on any atom is 0.438 e. The van der Waals surface area contributed by atoms with Gasteiger partial charge in [0.15, 0.2) is 0 Å². The second-order valence-corrected chi connectivity index (χ2v) is 7.96. The molecular formula is C15H9F19OS. The fourth-order valence-corrected chi connectivity index (χ4v) is 2.90. The van der Waals surface area contributed by atoms with Gasteiger partial charge in [0.05, 0.1) is 0 Å². The van der Waals surface area contributed by atoms with Crippen LogP contribution < -0.4 is 0 Å². The molecule has 0 aliphatic rings. The molecule has 36 heavy (non-hydrogen) atoms. The Hall–Kier alpha value is -1.57. The summed E-state index contributed by atoms with van der Waals surface area (Å²) in [5.41, 5.74) is -9.22. The zero-order valence-electron chi connectivity index (χ0n) is 16.6. The van der Waals surface area contributed by atoms with E-state index in [1.807, 2.05) is 0 Å². The van der Waals surface area contributed by atoms with E-state index in [1.54, 1.807) is 0 Å². The summed E-state index contributed by atoms with van der Waals surface area (Å²) < 4.78 is 250. The van der Waals surface area contributed by atoms with Gasteiger partial charge in [-0.15, -0.1) is 0 Å². The van der Waals surface area contributed by atoms with Crippen molar-refractivity contribution < 1.29 is 88.2 Å². The predicted octanol–water partition coefficient (Wildman–Crippen LogP) is 7.86. The molecule has 0 aromatic heterocycles. The van der Waals surface area contributed by atoms with Gasteiger partial charge in [-0.25, -0.2) is 4.39 Å². The normalized spacial score (nSPS) is 15.8. The molecule has 21 heteroatoms. The Morgan fingerprint density at radius 2 is 0.889 bits per heavy atom. The predicted molar refractivity (Wildman–Crippen MR) is 82.5 cm³/mol. The number of carbonyl (C=O) groups excluding carboxylic acids is 1. The molecule has 0 aliphatic carbocycles. The molecule has 0 aromatic carbocycles. The van der Waals surface area contributed by atoms with E-state index in [0.29, 0.717) is 0 Å². The Labute approximate surface area is 191 Å². The topological polar surface area (TPSA) is 17.1 Å². The van der Waals surface area contributed by atoms with E-state index in [1.165, 1.54) is 0 Å². The minimum absolute atomic E-state index is 0.388. The summed E-state index contributed by atoms with van der Waals surface area (Å²) in [4.78, 5) is 11.1.